The van der Waals surface area contributed by atoms with Crippen LogP contribution in [0.25, 0.3) is 0 Å². The number of nitrogens with two attached hydrogens (primary N) is 1. The molecule has 2 rings (SSSR count). The van der Waals surface area contributed by atoms with E-state index in [0.717, 1.165) is 13.0 Å². The first kappa shape index (κ1) is 15.5. The molecule has 0 amide bonds. The van der Waals surface area contributed by atoms with E-state index in [4.69, 9.17) is 5.73 Å². The minimum atomic E-state index is 0.173. The summed E-state index contributed by atoms with van der Waals surface area (Å²) in [4.78, 5) is 2.60. The maximum atomic E-state index is 6.33. The van der Waals surface area contributed by atoms with Crippen LogP contribution in [0.15, 0.2) is 24.3 Å². The molecule has 0 radical (unpaired) electrons. The van der Waals surface area contributed by atoms with Crippen molar-refractivity contribution in [3.8, 4) is 0 Å². The average molecular weight is 274 g/mol. The summed E-state index contributed by atoms with van der Waals surface area (Å²) in [6.07, 6.45) is 5.05. The summed E-state index contributed by atoms with van der Waals surface area (Å²) in [6.45, 7) is 10.5. The Kier molecular flexibility index (Phi) is 5.22. The Hall–Kier alpha value is -0.860. The Morgan fingerprint density at radius 3 is 2.55 bits per heavy atom. The van der Waals surface area contributed by atoms with Crippen LogP contribution in [-0.2, 0) is 0 Å². The quantitative estimate of drug-likeness (QED) is 0.902. The van der Waals surface area contributed by atoms with Crippen molar-refractivity contribution < 1.29 is 0 Å². The predicted molar refractivity (Wildman–Crippen MR) is 86.8 cm³/mol. The van der Waals surface area contributed by atoms with E-state index in [2.05, 4.69) is 49.9 Å². The first-order valence-electron chi connectivity index (χ1n) is 8.01. The van der Waals surface area contributed by atoms with Crippen molar-refractivity contribution in [3.05, 3.63) is 35.4 Å². The van der Waals surface area contributed by atoms with Crippen LogP contribution in [0.2, 0.25) is 0 Å². The number of hydrogen-bond acceptors (Lipinski definition) is 2. The van der Waals surface area contributed by atoms with Gasteiger partial charge < -0.3 is 10.6 Å². The van der Waals surface area contributed by atoms with Gasteiger partial charge in [0.25, 0.3) is 0 Å². The van der Waals surface area contributed by atoms with Crippen molar-refractivity contribution in [1.29, 1.82) is 0 Å². The van der Waals surface area contributed by atoms with Gasteiger partial charge in [0.05, 0.1) is 0 Å². The first-order valence-corrected chi connectivity index (χ1v) is 8.01. The molecule has 0 aromatic heterocycles. The third kappa shape index (κ3) is 4.60. The van der Waals surface area contributed by atoms with E-state index >= 15 is 0 Å². The summed E-state index contributed by atoms with van der Waals surface area (Å²) < 4.78 is 0. The van der Waals surface area contributed by atoms with Crippen LogP contribution in [0.4, 0.5) is 0 Å². The maximum Gasteiger partial charge on any atom is 0.0307 e. The fourth-order valence-electron chi connectivity index (χ4n) is 3.00. The number of benzene rings is 1. The van der Waals surface area contributed by atoms with Crippen molar-refractivity contribution in [3.63, 3.8) is 0 Å². The molecule has 1 aliphatic rings. The van der Waals surface area contributed by atoms with Crippen molar-refractivity contribution in [2.24, 2.45) is 11.1 Å². The molecule has 1 unspecified atom stereocenters. The van der Waals surface area contributed by atoms with Gasteiger partial charge in [0.1, 0.15) is 0 Å². The van der Waals surface area contributed by atoms with Gasteiger partial charge in [0.2, 0.25) is 0 Å². The van der Waals surface area contributed by atoms with Crippen LogP contribution in [0.5, 0.6) is 0 Å². The number of likely N-dealkylation sites (tertiary alicyclic amines) is 1. The molecule has 20 heavy (non-hydrogen) atoms. The lowest BCUT2D eigenvalue weighted by atomic mass is 9.85. The number of nitrogens with zero attached hydrogens (tertiary/aromatic N) is 1. The van der Waals surface area contributed by atoms with Gasteiger partial charge in [-0.05, 0) is 63.2 Å². The van der Waals surface area contributed by atoms with Crippen molar-refractivity contribution in [2.45, 2.75) is 52.5 Å². The molecule has 112 valence electrons. The Labute approximate surface area is 124 Å². The minimum Gasteiger partial charge on any atom is -0.324 e. The van der Waals surface area contributed by atoms with E-state index in [1.807, 2.05) is 0 Å². The molecule has 2 nitrogen and oxygen atoms in total. The van der Waals surface area contributed by atoms with Gasteiger partial charge in [0, 0.05) is 6.04 Å². The third-order valence-corrected chi connectivity index (χ3v) is 4.69. The molecule has 1 aromatic carbocycles. The predicted octanol–water partition coefficient (Wildman–Crippen LogP) is 3.90. The van der Waals surface area contributed by atoms with E-state index in [1.54, 1.807) is 0 Å². The maximum absolute atomic E-state index is 6.33. The van der Waals surface area contributed by atoms with Crippen LogP contribution >= 0.6 is 0 Å². The highest BCUT2D eigenvalue weighted by molar-refractivity contribution is 5.23. The smallest absolute Gasteiger partial charge is 0.0307 e. The molecule has 2 N–H and O–H groups in total. The summed E-state index contributed by atoms with van der Waals surface area (Å²) in [7, 11) is 0. The standard InChI is InChI=1S/C18H30N2/c1-15-5-7-16(8-6-15)17(19)9-13-20-12-4-10-18(2,3)11-14-20/h5-8,17H,4,9-14,19H2,1-3H3. The first-order chi connectivity index (χ1) is 9.46. The number of rotatable bonds is 4. The minimum absolute atomic E-state index is 0.173. The van der Waals surface area contributed by atoms with Crippen LogP contribution in [0, 0.1) is 12.3 Å². The lowest BCUT2D eigenvalue weighted by Crippen LogP contribution is -2.29. The summed E-state index contributed by atoms with van der Waals surface area (Å²) in [6, 6.07) is 8.83. The second-order valence-corrected chi connectivity index (χ2v) is 7.17. The molecular formula is C18H30N2. The monoisotopic (exact) mass is 274 g/mol. The molecular weight excluding hydrogens is 244 g/mol. The molecule has 1 saturated heterocycles. The van der Waals surface area contributed by atoms with E-state index in [9.17, 15) is 0 Å². The van der Waals surface area contributed by atoms with E-state index < -0.39 is 0 Å². The van der Waals surface area contributed by atoms with Crippen LogP contribution < -0.4 is 5.73 Å². The lowest BCUT2D eigenvalue weighted by Gasteiger charge is -2.24. The van der Waals surface area contributed by atoms with Crippen LogP contribution in [0.3, 0.4) is 0 Å². The van der Waals surface area contributed by atoms with Gasteiger partial charge in [-0.15, -0.1) is 0 Å². The third-order valence-electron chi connectivity index (χ3n) is 4.69. The zero-order valence-electron chi connectivity index (χ0n) is 13.4. The SMILES string of the molecule is Cc1ccc(C(N)CCN2CCCC(C)(C)CC2)cc1. The highest BCUT2D eigenvalue weighted by Gasteiger charge is 2.23. The molecule has 0 aliphatic carbocycles. The highest BCUT2D eigenvalue weighted by atomic mass is 15.1. The van der Waals surface area contributed by atoms with E-state index in [0.29, 0.717) is 5.41 Å². The lowest BCUT2D eigenvalue weighted by molar-refractivity contribution is 0.254. The summed E-state index contributed by atoms with van der Waals surface area (Å²) in [5, 5.41) is 0. The fraction of sp³-hybridized carbons (Fsp3) is 0.667. The molecule has 0 bridgehead atoms. The van der Waals surface area contributed by atoms with Crippen molar-refractivity contribution in [2.75, 3.05) is 19.6 Å². The Morgan fingerprint density at radius 1 is 1.15 bits per heavy atom. The zero-order valence-corrected chi connectivity index (χ0v) is 13.4. The second-order valence-electron chi connectivity index (χ2n) is 7.17. The normalized spacial score (nSPS) is 21.4. The summed E-state index contributed by atoms with van der Waals surface area (Å²) in [5.41, 5.74) is 9.42. The molecule has 1 aromatic rings. The molecule has 0 saturated carbocycles. The second kappa shape index (κ2) is 6.73. The fourth-order valence-corrected chi connectivity index (χ4v) is 3.00. The van der Waals surface area contributed by atoms with Gasteiger partial charge in [-0.3, -0.25) is 0 Å². The largest absolute Gasteiger partial charge is 0.324 e. The van der Waals surface area contributed by atoms with Gasteiger partial charge >= 0.3 is 0 Å². The summed E-state index contributed by atoms with van der Waals surface area (Å²) in [5.74, 6) is 0. The Bertz CT molecular complexity index is 408. The molecule has 1 fully saturated rings. The average Bonchev–Trinajstić information content (AvgIpc) is 2.58. The molecule has 0 spiro atoms. The molecule has 2 heteroatoms. The van der Waals surface area contributed by atoms with Crippen molar-refractivity contribution in [1.82, 2.24) is 4.90 Å². The van der Waals surface area contributed by atoms with Gasteiger partial charge in [0.15, 0.2) is 0 Å². The van der Waals surface area contributed by atoms with Gasteiger partial charge in [-0.25, -0.2) is 0 Å². The van der Waals surface area contributed by atoms with Gasteiger partial charge in [-0.2, -0.15) is 0 Å². The zero-order chi connectivity index (χ0) is 14.6. The van der Waals surface area contributed by atoms with Crippen LogP contribution in [-0.4, -0.2) is 24.5 Å². The molecule has 1 heterocycles. The Balaban J connectivity index is 1.81. The van der Waals surface area contributed by atoms with Crippen LogP contribution in [0.1, 0.15) is 56.7 Å². The topological polar surface area (TPSA) is 29.3 Å². The van der Waals surface area contributed by atoms with E-state index in [-0.39, 0.29) is 6.04 Å². The van der Waals surface area contributed by atoms with E-state index in [1.165, 1.54) is 43.5 Å². The van der Waals surface area contributed by atoms with Gasteiger partial charge in [-0.1, -0.05) is 43.7 Å². The molecule has 1 aliphatic heterocycles. The number of aryl methyl sites for hydroxylation is 1. The highest BCUT2D eigenvalue weighted by Crippen LogP contribution is 2.30. The summed E-state index contributed by atoms with van der Waals surface area (Å²) >= 11 is 0. The number of hydrogen-bond donors (Lipinski definition) is 1. The molecule has 1 atom stereocenters. The van der Waals surface area contributed by atoms with Crippen molar-refractivity contribution >= 4 is 0 Å². The Morgan fingerprint density at radius 2 is 1.85 bits per heavy atom.